The quantitative estimate of drug-likeness (QED) is 0.838. The predicted octanol–water partition coefficient (Wildman–Crippen LogP) is 1.23. The van der Waals surface area contributed by atoms with Crippen molar-refractivity contribution < 1.29 is 19.4 Å². The van der Waals surface area contributed by atoms with Crippen LogP contribution in [0.5, 0.6) is 0 Å². The third-order valence-corrected chi connectivity index (χ3v) is 3.10. The molecule has 0 spiro atoms. The molecule has 1 atom stereocenters. The van der Waals surface area contributed by atoms with E-state index in [9.17, 15) is 9.59 Å². The summed E-state index contributed by atoms with van der Waals surface area (Å²) in [5, 5.41) is 13.1. The fourth-order valence-corrected chi connectivity index (χ4v) is 2.06. The van der Waals surface area contributed by atoms with E-state index < -0.39 is 17.9 Å². The monoisotopic (exact) mass is 263 g/mol. The van der Waals surface area contributed by atoms with Crippen LogP contribution in [0.2, 0.25) is 5.02 Å². The molecule has 0 aliphatic carbocycles. The Balaban J connectivity index is 2.69. The lowest BCUT2D eigenvalue weighted by Gasteiger charge is -2.12. The van der Waals surface area contributed by atoms with Crippen molar-refractivity contribution in [2.24, 2.45) is 0 Å². The van der Waals surface area contributed by atoms with Crippen LogP contribution in [0.3, 0.4) is 0 Å². The number of carbonyl (C=O) groups is 2. The highest BCUT2D eigenvalue weighted by atomic mass is 35.5. The molecular weight excluding hydrogens is 254 g/mol. The van der Waals surface area contributed by atoms with Gasteiger partial charge in [-0.05, 0) is 11.4 Å². The van der Waals surface area contributed by atoms with Crippen LogP contribution in [0.15, 0.2) is 11.4 Å². The normalized spacial score (nSPS) is 12.1. The minimum Gasteiger partial charge on any atom is -0.480 e. The summed E-state index contributed by atoms with van der Waals surface area (Å²) in [6.45, 7) is -0.0932. The van der Waals surface area contributed by atoms with Gasteiger partial charge in [0.2, 0.25) is 0 Å². The number of methoxy groups -OCH3 is 1. The van der Waals surface area contributed by atoms with Gasteiger partial charge in [-0.15, -0.1) is 11.3 Å². The molecule has 16 heavy (non-hydrogen) atoms. The van der Waals surface area contributed by atoms with Crippen LogP contribution >= 0.6 is 22.9 Å². The van der Waals surface area contributed by atoms with Crippen LogP contribution in [0.25, 0.3) is 0 Å². The summed E-state index contributed by atoms with van der Waals surface area (Å²) in [7, 11) is 1.36. The molecule has 88 valence electrons. The fourth-order valence-electron chi connectivity index (χ4n) is 1.02. The second-order valence-electron chi connectivity index (χ2n) is 2.92. The number of amides is 1. The number of carbonyl (C=O) groups excluding carboxylic acids is 1. The molecule has 0 bridgehead atoms. The summed E-state index contributed by atoms with van der Waals surface area (Å²) in [6.07, 6.45) is 0. The number of carboxylic acids is 1. The van der Waals surface area contributed by atoms with E-state index >= 15 is 0 Å². The average molecular weight is 264 g/mol. The summed E-state index contributed by atoms with van der Waals surface area (Å²) in [5.74, 6) is -1.66. The minimum atomic E-state index is -1.15. The summed E-state index contributed by atoms with van der Waals surface area (Å²) in [5.41, 5.74) is 0. The van der Waals surface area contributed by atoms with Crippen molar-refractivity contribution in [2.45, 2.75) is 6.04 Å². The highest BCUT2D eigenvalue weighted by molar-refractivity contribution is 7.12. The first kappa shape index (κ1) is 13.0. The van der Waals surface area contributed by atoms with Crippen molar-refractivity contribution in [3.63, 3.8) is 0 Å². The first-order chi connectivity index (χ1) is 7.56. The molecule has 7 heteroatoms. The molecule has 1 heterocycles. The van der Waals surface area contributed by atoms with E-state index in [-0.39, 0.29) is 6.61 Å². The lowest BCUT2D eigenvalue weighted by Crippen LogP contribution is -2.43. The Bertz CT molecular complexity index is 393. The van der Waals surface area contributed by atoms with Gasteiger partial charge in [0.15, 0.2) is 6.04 Å². The molecule has 1 rings (SSSR count). The molecule has 0 saturated heterocycles. The maximum absolute atomic E-state index is 11.6. The first-order valence-electron chi connectivity index (χ1n) is 4.32. The Morgan fingerprint density at radius 1 is 1.69 bits per heavy atom. The largest absolute Gasteiger partial charge is 0.480 e. The van der Waals surface area contributed by atoms with E-state index in [0.29, 0.717) is 9.90 Å². The van der Waals surface area contributed by atoms with Gasteiger partial charge in [0.1, 0.15) is 4.88 Å². The summed E-state index contributed by atoms with van der Waals surface area (Å²) >= 11 is 6.90. The topological polar surface area (TPSA) is 75.6 Å². The lowest BCUT2D eigenvalue weighted by atomic mass is 10.3. The van der Waals surface area contributed by atoms with Crippen molar-refractivity contribution in [2.75, 3.05) is 13.7 Å². The van der Waals surface area contributed by atoms with Crippen molar-refractivity contribution in [1.82, 2.24) is 5.32 Å². The van der Waals surface area contributed by atoms with Gasteiger partial charge in [-0.3, -0.25) is 4.79 Å². The third-order valence-electron chi connectivity index (χ3n) is 1.76. The molecule has 0 aromatic carbocycles. The standard InChI is InChI=1S/C9H10ClNO4S/c1-15-4-6(9(13)14)11-8(12)7-5(10)2-3-16-7/h2-3,6H,4H2,1H3,(H,11,12)(H,13,14). The number of carboxylic acid groups (broad SMARTS) is 1. The molecule has 1 aromatic heterocycles. The average Bonchev–Trinajstić information content (AvgIpc) is 2.63. The number of nitrogens with one attached hydrogen (secondary N) is 1. The maximum atomic E-state index is 11.6. The van der Waals surface area contributed by atoms with Crippen LogP contribution in [0, 0.1) is 0 Å². The van der Waals surface area contributed by atoms with Gasteiger partial charge in [0, 0.05) is 7.11 Å². The van der Waals surface area contributed by atoms with Crippen molar-refractivity contribution in [1.29, 1.82) is 0 Å². The van der Waals surface area contributed by atoms with Gasteiger partial charge in [0.25, 0.3) is 5.91 Å². The highest BCUT2D eigenvalue weighted by Gasteiger charge is 2.22. The predicted molar refractivity (Wildman–Crippen MR) is 60.1 cm³/mol. The molecule has 1 amide bonds. The number of aliphatic carboxylic acids is 1. The summed E-state index contributed by atoms with van der Waals surface area (Å²) < 4.78 is 4.69. The number of hydrogen-bond donors (Lipinski definition) is 2. The smallest absolute Gasteiger partial charge is 0.328 e. The molecular formula is C9H10ClNO4S. The van der Waals surface area contributed by atoms with E-state index in [0.717, 1.165) is 11.3 Å². The van der Waals surface area contributed by atoms with Crippen LogP contribution in [-0.2, 0) is 9.53 Å². The highest BCUT2D eigenvalue weighted by Crippen LogP contribution is 2.21. The second kappa shape index (κ2) is 5.83. The maximum Gasteiger partial charge on any atom is 0.328 e. The number of rotatable bonds is 5. The molecule has 0 radical (unpaired) electrons. The molecule has 1 unspecified atom stereocenters. The molecule has 2 N–H and O–H groups in total. The Hall–Kier alpha value is -1.11. The molecule has 5 nitrogen and oxygen atoms in total. The molecule has 0 aliphatic rings. The zero-order chi connectivity index (χ0) is 12.1. The van der Waals surface area contributed by atoms with Crippen LogP contribution in [-0.4, -0.2) is 36.7 Å². The molecule has 1 aromatic rings. The second-order valence-corrected chi connectivity index (χ2v) is 4.24. The van der Waals surface area contributed by atoms with Gasteiger partial charge in [-0.25, -0.2) is 4.79 Å². The van der Waals surface area contributed by atoms with E-state index in [1.165, 1.54) is 7.11 Å². The van der Waals surface area contributed by atoms with Crippen molar-refractivity contribution in [3.8, 4) is 0 Å². The zero-order valence-corrected chi connectivity index (χ0v) is 9.97. The Morgan fingerprint density at radius 3 is 2.81 bits per heavy atom. The number of halogens is 1. The Morgan fingerprint density at radius 2 is 2.38 bits per heavy atom. The summed E-state index contributed by atoms with van der Waals surface area (Å²) in [6, 6.07) is 0.503. The SMILES string of the molecule is COCC(NC(=O)c1sccc1Cl)C(=O)O. The lowest BCUT2D eigenvalue weighted by molar-refractivity contribution is -0.140. The Labute approximate surface area is 101 Å². The van der Waals surface area contributed by atoms with Gasteiger partial charge >= 0.3 is 5.97 Å². The van der Waals surface area contributed by atoms with Crippen molar-refractivity contribution in [3.05, 3.63) is 21.3 Å². The van der Waals surface area contributed by atoms with Gasteiger partial charge in [-0.2, -0.15) is 0 Å². The number of ether oxygens (including phenoxy) is 1. The Kier molecular flexibility index (Phi) is 4.72. The number of hydrogen-bond acceptors (Lipinski definition) is 4. The number of thiophene rings is 1. The molecule has 0 fully saturated rings. The van der Waals surface area contributed by atoms with E-state index in [1.54, 1.807) is 11.4 Å². The van der Waals surface area contributed by atoms with Crippen LogP contribution in [0.4, 0.5) is 0 Å². The van der Waals surface area contributed by atoms with Gasteiger partial charge < -0.3 is 15.2 Å². The van der Waals surface area contributed by atoms with Crippen LogP contribution in [0.1, 0.15) is 9.67 Å². The van der Waals surface area contributed by atoms with E-state index in [2.05, 4.69) is 10.1 Å². The van der Waals surface area contributed by atoms with Crippen LogP contribution < -0.4 is 5.32 Å². The minimum absolute atomic E-state index is 0.0932. The molecule has 0 aliphatic heterocycles. The fraction of sp³-hybridized carbons (Fsp3) is 0.333. The van der Waals surface area contributed by atoms with E-state index in [1.807, 2.05) is 0 Å². The van der Waals surface area contributed by atoms with E-state index in [4.69, 9.17) is 16.7 Å². The van der Waals surface area contributed by atoms with Gasteiger partial charge in [0.05, 0.1) is 11.6 Å². The molecule has 0 saturated carbocycles. The zero-order valence-electron chi connectivity index (χ0n) is 8.40. The third kappa shape index (κ3) is 3.19. The summed E-state index contributed by atoms with van der Waals surface area (Å²) in [4.78, 5) is 22.7. The van der Waals surface area contributed by atoms with Crippen molar-refractivity contribution >= 4 is 34.8 Å². The first-order valence-corrected chi connectivity index (χ1v) is 5.57. The van der Waals surface area contributed by atoms with Gasteiger partial charge in [-0.1, -0.05) is 11.6 Å².